The van der Waals surface area contributed by atoms with Gasteiger partial charge in [0.2, 0.25) is 21.8 Å². The Bertz CT molecular complexity index is 1360. The summed E-state index contributed by atoms with van der Waals surface area (Å²) in [6, 6.07) is 21.8. The Morgan fingerprint density at radius 1 is 0.950 bits per heavy atom. The molecule has 0 radical (unpaired) electrons. The number of halogens is 1. The maximum absolute atomic E-state index is 13.8. The monoisotopic (exact) mass is 567 g/mol. The van der Waals surface area contributed by atoms with E-state index in [2.05, 4.69) is 5.32 Å². The van der Waals surface area contributed by atoms with E-state index in [-0.39, 0.29) is 37.7 Å². The molecule has 0 aliphatic carbocycles. The highest BCUT2D eigenvalue weighted by Gasteiger charge is 2.30. The summed E-state index contributed by atoms with van der Waals surface area (Å²) >= 11 is 0. The van der Waals surface area contributed by atoms with Crippen LogP contribution in [-0.4, -0.2) is 50.5 Å². The molecule has 3 rings (SSSR count). The van der Waals surface area contributed by atoms with Crippen LogP contribution in [0.2, 0.25) is 0 Å². The minimum Gasteiger partial charge on any atom is -0.354 e. The van der Waals surface area contributed by atoms with E-state index in [0.29, 0.717) is 18.7 Å². The normalized spacial score (nSPS) is 12.0. The Morgan fingerprint density at radius 3 is 2.25 bits per heavy atom. The van der Waals surface area contributed by atoms with Gasteiger partial charge in [0.05, 0.1) is 11.9 Å². The van der Waals surface area contributed by atoms with Crippen molar-refractivity contribution < 1.29 is 22.4 Å². The van der Waals surface area contributed by atoms with Crippen molar-refractivity contribution in [1.82, 2.24) is 10.2 Å². The van der Waals surface area contributed by atoms with E-state index >= 15 is 0 Å². The molecular weight excluding hydrogens is 529 g/mol. The molecule has 9 heteroatoms. The largest absolute Gasteiger partial charge is 0.354 e. The van der Waals surface area contributed by atoms with Crippen LogP contribution in [0.5, 0.6) is 0 Å². The van der Waals surface area contributed by atoms with Crippen LogP contribution in [0.25, 0.3) is 0 Å². The van der Waals surface area contributed by atoms with Crippen LogP contribution in [0, 0.1) is 12.7 Å². The summed E-state index contributed by atoms with van der Waals surface area (Å²) in [6.07, 6.45) is 2.45. The SMILES string of the molecule is CCCNC(=O)[C@H](Cc1ccccc1)N(Cc1cccc(C)c1)C(=O)CCCN(c1ccc(F)cc1)S(C)(=O)=O. The number of carbonyl (C=O) groups excluding carboxylic acids is 2. The first kappa shape index (κ1) is 30.8. The number of hydrogen-bond donors (Lipinski definition) is 1. The van der Waals surface area contributed by atoms with E-state index in [0.717, 1.165) is 29.4 Å². The molecule has 0 unspecified atom stereocenters. The molecule has 0 fully saturated rings. The van der Waals surface area contributed by atoms with Gasteiger partial charge in [-0.1, -0.05) is 67.1 Å². The fraction of sp³-hybridized carbons (Fsp3) is 0.355. The fourth-order valence-corrected chi connectivity index (χ4v) is 5.50. The summed E-state index contributed by atoms with van der Waals surface area (Å²) in [4.78, 5) is 28.8. The summed E-state index contributed by atoms with van der Waals surface area (Å²) in [7, 11) is -3.66. The third kappa shape index (κ3) is 9.19. The van der Waals surface area contributed by atoms with Crippen molar-refractivity contribution in [2.24, 2.45) is 0 Å². The molecule has 3 aromatic rings. The lowest BCUT2D eigenvalue weighted by Gasteiger charge is -2.32. The summed E-state index contributed by atoms with van der Waals surface area (Å²) in [5.41, 5.74) is 3.21. The number of aryl methyl sites for hydroxylation is 1. The number of nitrogens with zero attached hydrogens (tertiary/aromatic N) is 2. The zero-order valence-corrected chi connectivity index (χ0v) is 24.2. The van der Waals surface area contributed by atoms with E-state index in [1.165, 1.54) is 28.6 Å². The number of benzene rings is 3. The standard InChI is InChI=1S/C31H38FN3O4S/c1-4-19-33-31(37)29(22-25-11-6-5-7-12-25)34(23-26-13-8-10-24(2)21-26)30(36)14-9-20-35(40(3,38)39)28-17-15-27(32)16-18-28/h5-8,10-13,15-18,21,29H,4,9,14,19-20,22-23H2,1-3H3,(H,33,37)/t29-/m0/s1. The molecule has 40 heavy (non-hydrogen) atoms. The highest BCUT2D eigenvalue weighted by molar-refractivity contribution is 7.92. The third-order valence-corrected chi connectivity index (χ3v) is 7.72. The molecule has 0 bridgehead atoms. The van der Waals surface area contributed by atoms with Crippen LogP contribution >= 0.6 is 0 Å². The molecule has 0 aromatic heterocycles. The van der Waals surface area contributed by atoms with Crippen molar-refractivity contribution in [1.29, 1.82) is 0 Å². The first-order chi connectivity index (χ1) is 19.1. The fourth-order valence-electron chi connectivity index (χ4n) is 4.54. The second kappa shape index (κ2) is 14.6. The molecule has 1 atom stereocenters. The predicted molar refractivity (Wildman–Crippen MR) is 157 cm³/mol. The van der Waals surface area contributed by atoms with E-state index in [9.17, 15) is 22.4 Å². The lowest BCUT2D eigenvalue weighted by Crippen LogP contribution is -2.50. The second-order valence-electron chi connectivity index (χ2n) is 9.92. The second-order valence-corrected chi connectivity index (χ2v) is 11.8. The molecule has 3 aromatic carbocycles. The minimum atomic E-state index is -3.66. The van der Waals surface area contributed by atoms with E-state index in [4.69, 9.17) is 0 Å². The first-order valence-corrected chi connectivity index (χ1v) is 15.3. The van der Waals surface area contributed by atoms with Crippen molar-refractivity contribution >= 4 is 27.5 Å². The van der Waals surface area contributed by atoms with E-state index in [1.807, 2.05) is 68.4 Å². The molecule has 0 spiro atoms. The average molecular weight is 568 g/mol. The Morgan fingerprint density at radius 2 is 1.62 bits per heavy atom. The third-order valence-electron chi connectivity index (χ3n) is 6.52. The first-order valence-electron chi connectivity index (χ1n) is 13.5. The van der Waals surface area contributed by atoms with Crippen LogP contribution in [0.4, 0.5) is 10.1 Å². The molecule has 0 heterocycles. The maximum atomic E-state index is 13.8. The van der Waals surface area contributed by atoms with Crippen molar-refractivity contribution in [3.05, 3.63) is 101 Å². The van der Waals surface area contributed by atoms with Gasteiger partial charge in [-0.15, -0.1) is 0 Å². The molecular formula is C31H38FN3O4S. The number of anilines is 1. The topological polar surface area (TPSA) is 86.8 Å². The van der Waals surface area contributed by atoms with Crippen LogP contribution in [-0.2, 0) is 32.6 Å². The molecule has 0 aliphatic rings. The molecule has 0 saturated heterocycles. The van der Waals surface area contributed by atoms with Crippen LogP contribution in [0.1, 0.15) is 42.9 Å². The summed E-state index contributed by atoms with van der Waals surface area (Å²) in [5, 5.41) is 2.95. The number of carbonyl (C=O) groups is 2. The maximum Gasteiger partial charge on any atom is 0.243 e. The molecule has 7 nitrogen and oxygen atoms in total. The Balaban J connectivity index is 1.86. The molecule has 1 N–H and O–H groups in total. The van der Waals surface area contributed by atoms with Gasteiger partial charge < -0.3 is 10.2 Å². The van der Waals surface area contributed by atoms with Gasteiger partial charge in [-0.3, -0.25) is 13.9 Å². The molecule has 0 aliphatic heterocycles. The summed E-state index contributed by atoms with van der Waals surface area (Å²) in [6.45, 7) is 4.72. The zero-order chi connectivity index (χ0) is 29.1. The van der Waals surface area contributed by atoms with Crippen molar-refractivity contribution in [3.63, 3.8) is 0 Å². The Labute approximate surface area is 237 Å². The minimum absolute atomic E-state index is 0.0331. The van der Waals surface area contributed by atoms with Gasteiger partial charge in [0, 0.05) is 32.5 Å². The average Bonchev–Trinajstić information content (AvgIpc) is 2.92. The lowest BCUT2D eigenvalue weighted by atomic mass is 10.0. The van der Waals surface area contributed by atoms with Crippen LogP contribution < -0.4 is 9.62 Å². The van der Waals surface area contributed by atoms with Crippen LogP contribution in [0.3, 0.4) is 0 Å². The van der Waals surface area contributed by atoms with Crippen molar-refractivity contribution in [2.45, 2.75) is 52.1 Å². The number of rotatable bonds is 14. The highest BCUT2D eigenvalue weighted by Crippen LogP contribution is 2.21. The van der Waals surface area contributed by atoms with Crippen molar-refractivity contribution in [3.8, 4) is 0 Å². The zero-order valence-electron chi connectivity index (χ0n) is 23.3. The van der Waals surface area contributed by atoms with Gasteiger partial charge in [0.25, 0.3) is 0 Å². The molecule has 2 amide bonds. The van der Waals surface area contributed by atoms with Gasteiger partial charge >= 0.3 is 0 Å². The Hall–Kier alpha value is -3.72. The number of hydrogen-bond acceptors (Lipinski definition) is 4. The molecule has 214 valence electrons. The van der Waals surface area contributed by atoms with E-state index < -0.39 is 21.9 Å². The summed E-state index contributed by atoms with van der Waals surface area (Å²) < 4.78 is 39.6. The van der Waals surface area contributed by atoms with Crippen LogP contribution in [0.15, 0.2) is 78.9 Å². The Kier molecular flexibility index (Phi) is 11.3. The van der Waals surface area contributed by atoms with Gasteiger partial charge in [0.1, 0.15) is 11.9 Å². The van der Waals surface area contributed by atoms with Gasteiger partial charge in [0.15, 0.2) is 0 Å². The quantitative estimate of drug-likeness (QED) is 0.302. The van der Waals surface area contributed by atoms with Crippen molar-refractivity contribution in [2.75, 3.05) is 23.7 Å². The smallest absolute Gasteiger partial charge is 0.243 e. The summed E-state index contributed by atoms with van der Waals surface area (Å²) in [5.74, 6) is -0.942. The number of amides is 2. The number of sulfonamides is 1. The van der Waals surface area contributed by atoms with Gasteiger partial charge in [-0.2, -0.15) is 0 Å². The molecule has 0 saturated carbocycles. The van der Waals surface area contributed by atoms with E-state index in [1.54, 1.807) is 4.90 Å². The van der Waals surface area contributed by atoms with Gasteiger partial charge in [-0.25, -0.2) is 12.8 Å². The highest BCUT2D eigenvalue weighted by atomic mass is 32.2. The predicted octanol–water partition coefficient (Wildman–Crippen LogP) is 4.85. The van der Waals surface area contributed by atoms with Gasteiger partial charge in [-0.05, 0) is 55.2 Å². The number of nitrogens with one attached hydrogen (secondary N) is 1. The lowest BCUT2D eigenvalue weighted by molar-refractivity contribution is -0.141.